The number of anilines is 1. The van der Waals surface area contributed by atoms with Gasteiger partial charge in [0.1, 0.15) is 0 Å². The van der Waals surface area contributed by atoms with Crippen molar-refractivity contribution in [2.45, 2.75) is 13.3 Å². The Hall–Kier alpha value is -2.09. The molecule has 0 fully saturated rings. The summed E-state index contributed by atoms with van der Waals surface area (Å²) in [6, 6.07) is 9.82. The molecule has 0 radical (unpaired) electrons. The molecule has 0 saturated carbocycles. The number of para-hydroxylation sites is 1. The smallest absolute Gasteiger partial charge is 0.183 e. The number of benzene rings is 1. The van der Waals surface area contributed by atoms with Crippen LogP contribution in [0, 0.1) is 0 Å². The molecule has 0 aliphatic heterocycles. The highest BCUT2D eigenvalue weighted by Crippen LogP contribution is 2.14. The number of nitrogens with one attached hydrogen (secondary N) is 1. The first-order chi connectivity index (χ1) is 8.25. The topological polar surface area (TPSA) is 29.1 Å². The molecule has 0 unspecified atom stereocenters. The van der Waals surface area contributed by atoms with Crippen molar-refractivity contribution in [3.63, 3.8) is 0 Å². The third-order valence-corrected chi connectivity index (χ3v) is 2.55. The van der Waals surface area contributed by atoms with E-state index in [0.29, 0.717) is 0 Å². The Labute approximate surface area is 101 Å². The fourth-order valence-corrected chi connectivity index (χ4v) is 1.70. The fraction of sp³-hybridized carbons (Fsp3) is 0.133. The molecule has 1 aromatic rings. The van der Waals surface area contributed by atoms with Crippen molar-refractivity contribution >= 4 is 11.5 Å². The van der Waals surface area contributed by atoms with Crippen LogP contribution in [0.4, 0.5) is 5.69 Å². The Morgan fingerprint density at radius 3 is 2.71 bits per heavy atom. The van der Waals surface area contributed by atoms with E-state index >= 15 is 0 Å². The van der Waals surface area contributed by atoms with Gasteiger partial charge in [0.2, 0.25) is 0 Å². The van der Waals surface area contributed by atoms with E-state index in [1.165, 1.54) is 0 Å². The van der Waals surface area contributed by atoms with Crippen LogP contribution >= 0.6 is 0 Å². The Morgan fingerprint density at radius 1 is 1.29 bits per heavy atom. The molecule has 0 aromatic heterocycles. The summed E-state index contributed by atoms with van der Waals surface area (Å²) in [6.07, 6.45) is 8.16. The van der Waals surface area contributed by atoms with Crippen LogP contribution in [0.5, 0.6) is 0 Å². The molecule has 0 spiro atoms. The normalized spacial score (nSPS) is 14.6. The van der Waals surface area contributed by atoms with Crippen LogP contribution in [-0.2, 0) is 4.79 Å². The summed E-state index contributed by atoms with van der Waals surface area (Å²) in [5.41, 5.74) is 2.70. The summed E-state index contributed by atoms with van der Waals surface area (Å²) in [7, 11) is 0. The van der Waals surface area contributed by atoms with Gasteiger partial charge < -0.3 is 5.32 Å². The Balaban J connectivity index is 2.00. The Kier molecular flexibility index (Phi) is 3.55. The number of allylic oxidation sites excluding steroid dienone is 6. The van der Waals surface area contributed by atoms with Crippen LogP contribution in [0.1, 0.15) is 13.3 Å². The molecule has 1 N–H and O–H groups in total. The van der Waals surface area contributed by atoms with Gasteiger partial charge in [-0.15, -0.1) is 0 Å². The van der Waals surface area contributed by atoms with Crippen LogP contribution in [-0.4, -0.2) is 5.78 Å². The summed E-state index contributed by atoms with van der Waals surface area (Å²) >= 11 is 0. The molecule has 1 aromatic carbocycles. The SMILES string of the molecule is C/C(=C\C(=O)C1=CC=CC1)Nc1ccccc1. The minimum absolute atomic E-state index is 0.0796. The number of hydrogen-bond acceptors (Lipinski definition) is 2. The van der Waals surface area contributed by atoms with Gasteiger partial charge in [-0.05, 0) is 25.5 Å². The third-order valence-electron chi connectivity index (χ3n) is 2.55. The lowest BCUT2D eigenvalue weighted by molar-refractivity contribution is -0.111. The minimum Gasteiger partial charge on any atom is -0.359 e. The van der Waals surface area contributed by atoms with E-state index in [0.717, 1.165) is 23.4 Å². The third kappa shape index (κ3) is 3.18. The van der Waals surface area contributed by atoms with Gasteiger partial charge in [0, 0.05) is 23.0 Å². The summed E-state index contributed by atoms with van der Waals surface area (Å²) in [5, 5.41) is 3.19. The lowest BCUT2D eigenvalue weighted by atomic mass is 10.1. The first-order valence-corrected chi connectivity index (χ1v) is 5.66. The minimum atomic E-state index is 0.0796. The van der Waals surface area contributed by atoms with Crippen molar-refractivity contribution in [1.82, 2.24) is 0 Å². The Morgan fingerprint density at radius 2 is 2.06 bits per heavy atom. The standard InChI is InChI=1S/C15H15NO/c1-12(16-14-9-3-2-4-10-14)11-15(17)13-7-5-6-8-13/h2-7,9-11,16H,8H2,1H3/b12-11+. The largest absolute Gasteiger partial charge is 0.359 e. The monoisotopic (exact) mass is 225 g/mol. The van der Waals surface area contributed by atoms with Gasteiger partial charge in [0.05, 0.1) is 0 Å². The first kappa shape index (κ1) is 11.4. The second-order valence-electron chi connectivity index (χ2n) is 4.01. The molecule has 17 heavy (non-hydrogen) atoms. The lowest BCUT2D eigenvalue weighted by Gasteiger charge is -2.06. The van der Waals surface area contributed by atoms with Gasteiger partial charge >= 0.3 is 0 Å². The molecular formula is C15H15NO. The van der Waals surface area contributed by atoms with Crippen LogP contribution in [0.3, 0.4) is 0 Å². The van der Waals surface area contributed by atoms with Crippen molar-refractivity contribution in [3.8, 4) is 0 Å². The molecule has 1 aliphatic rings. The van der Waals surface area contributed by atoms with Gasteiger partial charge in [-0.25, -0.2) is 0 Å². The van der Waals surface area contributed by atoms with Gasteiger partial charge in [-0.2, -0.15) is 0 Å². The fourth-order valence-electron chi connectivity index (χ4n) is 1.70. The van der Waals surface area contributed by atoms with Crippen molar-refractivity contribution < 1.29 is 4.79 Å². The molecule has 0 amide bonds. The highest BCUT2D eigenvalue weighted by Gasteiger charge is 2.07. The van der Waals surface area contributed by atoms with Crippen LogP contribution in [0.25, 0.3) is 0 Å². The van der Waals surface area contributed by atoms with Crippen molar-refractivity contribution in [3.05, 3.63) is 65.9 Å². The predicted octanol–water partition coefficient (Wildman–Crippen LogP) is 3.46. The van der Waals surface area contributed by atoms with E-state index in [1.807, 2.05) is 55.5 Å². The quantitative estimate of drug-likeness (QED) is 0.795. The molecule has 0 bridgehead atoms. The lowest BCUT2D eigenvalue weighted by Crippen LogP contribution is -2.02. The maximum Gasteiger partial charge on any atom is 0.183 e. The van der Waals surface area contributed by atoms with Crippen molar-refractivity contribution in [2.24, 2.45) is 0 Å². The van der Waals surface area contributed by atoms with Crippen LogP contribution in [0.2, 0.25) is 0 Å². The molecule has 2 nitrogen and oxygen atoms in total. The zero-order valence-electron chi connectivity index (χ0n) is 9.81. The van der Waals surface area contributed by atoms with E-state index in [2.05, 4.69) is 5.32 Å². The molecule has 2 rings (SSSR count). The van der Waals surface area contributed by atoms with Crippen molar-refractivity contribution in [2.75, 3.05) is 5.32 Å². The van der Waals surface area contributed by atoms with Gasteiger partial charge in [0.25, 0.3) is 0 Å². The van der Waals surface area contributed by atoms with E-state index in [9.17, 15) is 4.79 Å². The molecule has 0 atom stereocenters. The van der Waals surface area contributed by atoms with Gasteiger partial charge in [-0.3, -0.25) is 4.79 Å². The highest BCUT2D eigenvalue weighted by atomic mass is 16.1. The second kappa shape index (κ2) is 5.30. The van der Waals surface area contributed by atoms with Crippen molar-refractivity contribution in [1.29, 1.82) is 0 Å². The maximum absolute atomic E-state index is 11.8. The van der Waals surface area contributed by atoms with E-state index < -0.39 is 0 Å². The average molecular weight is 225 g/mol. The average Bonchev–Trinajstić information content (AvgIpc) is 2.83. The predicted molar refractivity (Wildman–Crippen MR) is 70.7 cm³/mol. The number of carbonyl (C=O) groups excluding carboxylic acids is 1. The number of hydrogen-bond donors (Lipinski definition) is 1. The number of ketones is 1. The molecular weight excluding hydrogens is 210 g/mol. The van der Waals surface area contributed by atoms with E-state index in [-0.39, 0.29) is 5.78 Å². The summed E-state index contributed by atoms with van der Waals surface area (Å²) in [5.74, 6) is 0.0796. The molecule has 1 aliphatic carbocycles. The van der Waals surface area contributed by atoms with E-state index in [4.69, 9.17) is 0 Å². The Bertz CT molecular complexity index is 495. The first-order valence-electron chi connectivity index (χ1n) is 5.66. The summed E-state index contributed by atoms with van der Waals surface area (Å²) in [4.78, 5) is 11.8. The summed E-state index contributed by atoms with van der Waals surface area (Å²) in [6.45, 7) is 1.90. The van der Waals surface area contributed by atoms with E-state index in [1.54, 1.807) is 6.08 Å². The molecule has 2 heteroatoms. The van der Waals surface area contributed by atoms with Gasteiger partial charge in [0.15, 0.2) is 5.78 Å². The number of carbonyl (C=O) groups is 1. The molecule has 0 heterocycles. The number of rotatable bonds is 4. The molecule has 0 saturated heterocycles. The van der Waals surface area contributed by atoms with Crippen LogP contribution in [0.15, 0.2) is 65.9 Å². The summed E-state index contributed by atoms with van der Waals surface area (Å²) < 4.78 is 0. The zero-order valence-corrected chi connectivity index (χ0v) is 9.81. The zero-order chi connectivity index (χ0) is 12.1. The maximum atomic E-state index is 11.8. The highest BCUT2D eigenvalue weighted by molar-refractivity contribution is 6.05. The molecule has 86 valence electrons. The van der Waals surface area contributed by atoms with Crippen LogP contribution < -0.4 is 5.32 Å². The second-order valence-corrected chi connectivity index (χ2v) is 4.01. The van der Waals surface area contributed by atoms with Gasteiger partial charge in [-0.1, -0.05) is 36.4 Å².